The monoisotopic (exact) mass is 496 g/mol. The van der Waals surface area contributed by atoms with Crippen LogP contribution in [-0.2, 0) is 16.2 Å². The average molecular weight is 497 g/mol. The van der Waals surface area contributed by atoms with Gasteiger partial charge in [0.25, 0.3) is 5.91 Å². The number of aliphatic imine (C=N–C) groups is 1. The number of hydrogen-bond acceptors (Lipinski definition) is 7. The van der Waals surface area contributed by atoms with E-state index in [4.69, 9.17) is 27.7 Å². The first kappa shape index (κ1) is 25.8. The number of hydrogen-bond donors (Lipinski definition) is 7. The number of ether oxygens (including phenoxy) is 1. The number of nitrogen functional groups attached to an aromatic ring is 1. The third kappa shape index (κ3) is 6.85. The number of nitrogens with zero attached hydrogens (tertiary/aromatic N) is 1. The van der Waals surface area contributed by atoms with Crippen molar-refractivity contribution in [2.24, 2.45) is 22.2 Å². The number of amides is 4. The van der Waals surface area contributed by atoms with Crippen LogP contribution in [0.2, 0.25) is 0 Å². The number of anilines is 2. The molecule has 0 aliphatic carbocycles. The maximum Gasteiger partial charge on any atom is 0.255 e. The first-order valence-electron chi connectivity index (χ1n) is 11.0. The van der Waals surface area contributed by atoms with Gasteiger partial charge in [-0.05, 0) is 43.2 Å². The summed E-state index contributed by atoms with van der Waals surface area (Å²) in [6.45, 7) is -0.189. The maximum absolute atomic E-state index is 13.1. The molecule has 0 bridgehead atoms. The fourth-order valence-electron chi connectivity index (χ4n) is 3.47. The van der Waals surface area contributed by atoms with Crippen LogP contribution >= 0.6 is 0 Å². The predicted molar refractivity (Wildman–Crippen MR) is 133 cm³/mol. The molecule has 0 radical (unpaired) electrons. The van der Waals surface area contributed by atoms with Crippen LogP contribution in [0.5, 0.6) is 5.75 Å². The Balaban J connectivity index is 1.95. The van der Waals surface area contributed by atoms with Gasteiger partial charge in [-0.1, -0.05) is 6.07 Å². The van der Waals surface area contributed by atoms with Gasteiger partial charge in [0.2, 0.25) is 17.7 Å². The number of primary amides is 1. The van der Waals surface area contributed by atoms with E-state index in [1.165, 1.54) is 24.3 Å². The highest BCUT2D eigenvalue weighted by Crippen LogP contribution is 2.25. The molecular formula is C23H28N8O5. The van der Waals surface area contributed by atoms with Crippen molar-refractivity contribution < 1.29 is 23.9 Å². The number of rotatable bonds is 5. The SMILES string of the molecule is NC(=O)c1ccc2c(c1)NC(=O)CNC(=O)[C@H](CCCN=C(N)N)NC(=O)c1cc(N)ccc1OC2. The van der Waals surface area contributed by atoms with Crippen LogP contribution in [0.25, 0.3) is 0 Å². The summed E-state index contributed by atoms with van der Waals surface area (Å²) < 4.78 is 5.88. The second-order valence-corrected chi connectivity index (χ2v) is 8.02. The molecule has 1 aliphatic heterocycles. The highest BCUT2D eigenvalue weighted by Gasteiger charge is 2.24. The summed E-state index contributed by atoms with van der Waals surface area (Å²) in [6.07, 6.45) is 0.575. The van der Waals surface area contributed by atoms with Crippen molar-refractivity contribution in [3.8, 4) is 5.75 Å². The van der Waals surface area contributed by atoms with Crippen molar-refractivity contribution in [3.63, 3.8) is 0 Å². The van der Waals surface area contributed by atoms with Gasteiger partial charge >= 0.3 is 0 Å². The Morgan fingerprint density at radius 1 is 1.08 bits per heavy atom. The molecule has 1 heterocycles. The van der Waals surface area contributed by atoms with Crippen LogP contribution in [-0.4, -0.2) is 48.7 Å². The minimum absolute atomic E-state index is 0.0485. The minimum Gasteiger partial charge on any atom is -0.488 e. The maximum atomic E-state index is 13.1. The molecule has 0 saturated carbocycles. The zero-order valence-electron chi connectivity index (χ0n) is 19.4. The van der Waals surface area contributed by atoms with Crippen molar-refractivity contribution >= 4 is 41.0 Å². The number of benzene rings is 2. The molecule has 11 N–H and O–H groups in total. The number of carbonyl (C=O) groups is 4. The molecule has 0 aromatic heterocycles. The van der Waals surface area contributed by atoms with Gasteiger partial charge in [-0.15, -0.1) is 0 Å². The Kier molecular flexibility index (Phi) is 8.28. The third-order valence-electron chi connectivity index (χ3n) is 5.29. The molecule has 0 unspecified atom stereocenters. The minimum atomic E-state index is -0.995. The van der Waals surface area contributed by atoms with Crippen LogP contribution < -0.4 is 43.6 Å². The summed E-state index contributed by atoms with van der Waals surface area (Å²) in [5.41, 5.74) is 23.3. The lowest BCUT2D eigenvalue weighted by Gasteiger charge is -2.21. The third-order valence-corrected chi connectivity index (χ3v) is 5.29. The summed E-state index contributed by atoms with van der Waals surface area (Å²) in [5.74, 6) is -2.30. The molecule has 0 spiro atoms. The lowest BCUT2D eigenvalue weighted by molar-refractivity contribution is -0.125. The average Bonchev–Trinajstić information content (AvgIpc) is 2.83. The number of guanidine groups is 1. The fourth-order valence-corrected chi connectivity index (χ4v) is 3.47. The van der Waals surface area contributed by atoms with E-state index in [2.05, 4.69) is 20.9 Å². The highest BCUT2D eigenvalue weighted by molar-refractivity contribution is 6.02. The largest absolute Gasteiger partial charge is 0.488 e. The molecule has 13 heteroatoms. The van der Waals surface area contributed by atoms with Crippen molar-refractivity contribution in [3.05, 3.63) is 53.1 Å². The van der Waals surface area contributed by atoms with Crippen molar-refractivity contribution in [1.29, 1.82) is 0 Å². The smallest absolute Gasteiger partial charge is 0.255 e. The van der Waals surface area contributed by atoms with Gasteiger partial charge in [0.1, 0.15) is 18.4 Å². The molecule has 2 aromatic carbocycles. The van der Waals surface area contributed by atoms with Gasteiger partial charge < -0.3 is 43.6 Å². The van der Waals surface area contributed by atoms with Gasteiger partial charge in [-0.25, -0.2) is 0 Å². The Bertz CT molecular complexity index is 1210. The van der Waals surface area contributed by atoms with E-state index in [-0.39, 0.29) is 54.6 Å². The molecule has 1 aliphatic rings. The van der Waals surface area contributed by atoms with Gasteiger partial charge in [0.05, 0.1) is 12.1 Å². The Morgan fingerprint density at radius 3 is 2.58 bits per heavy atom. The van der Waals surface area contributed by atoms with Gasteiger partial charge in [0, 0.05) is 29.0 Å². The van der Waals surface area contributed by atoms with E-state index in [0.29, 0.717) is 17.7 Å². The normalized spacial score (nSPS) is 16.1. The molecule has 36 heavy (non-hydrogen) atoms. The summed E-state index contributed by atoms with van der Waals surface area (Å²) in [7, 11) is 0. The second kappa shape index (κ2) is 11.6. The lowest BCUT2D eigenvalue weighted by Crippen LogP contribution is -2.48. The van der Waals surface area contributed by atoms with E-state index in [1.807, 2.05) is 0 Å². The van der Waals surface area contributed by atoms with Gasteiger partial charge in [-0.2, -0.15) is 0 Å². The highest BCUT2D eigenvalue weighted by atomic mass is 16.5. The number of carbonyl (C=O) groups excluding carboxylic acids is 4. The molecule has 0 fully saturated rings. The van der Waals surface area contributed by atoms with E-state index in [0.717, 1.165) is 0 Å². The van der Waals surface area contributed by atoms with E-state index in [9.17, 15) is 19.2 Å². The number of fused-ring (bicyclic) bond motifs is 2. The quantitative estimate of drug-likeness (QED) is 0.119. The summed E-state index contributed by atoms with van der Waals surface area (Å²) >= 11 is 0. The van der Waals surface area contributed by atoms with Gasteiger partial charge in [0.15, 0.2) is 5.96 Å². The van der Waals surface area contributed by atoms with E-state index in [1.54, 1.807) is 12.1 Å². The first-order valence-corrected chi connectivity index (χ1v) is 11.0. The first-order chi connectivity index (χ1) is 17.1. The molecule has 13 nitrogen and oxygen atoms in total. The molecule has 1 atom stereocenters. The molecule has 0 saturated heterocycles. The van der Waals surface area contributed by atoms with Crippen LogP contribution in [0.15, 0.2) is 41.4 Å². The van der Waals surface area contributed by atoms with E-state index >= 15 is 0 Å². The van der Waals surface area contributed by atoms with Crippen LogP contribution in [0.1, 0.15) is 39.1 Å². The molecule has 3 rings (SSSR count). The Hall–Kier alpha value is -4.81. The fraction of sp³-hybridized carbons (Fsp3) is 0.261. The topological polar surface area (TPSA) is 230 Å². The number of nitrogens with one attached hydrogen (secondary N) is 3. The standard InChI is InChI=1S/C23H28N8O5/c24-14-5-6-18-15(9-14)21(34)31-16(2-1-7-28-23(26)27)22(35)29-10-19(32)30-17-8-12(20(25)33)3-4-13(17)11-36-18/h3-6,8-9,16H,1-2,7,10-11,24H2,(H2,25,33)(H,29,35)(H,30,32)(H,31,34)(H4,26,27,28)/t16-/m0/s1. The zero-order valence-corrected chi connectivity index (χ0v) is 19.4. The van der Waals surface area contributed by atoms with Crippen molar-refractivity contribution in [1.82, 2.24) is 10.6 Å². The second-order valence-electron chi connectivity index (χ2n) is 8.02. The Labute approximate surface area is 206 Å². The van der Waals surface area contributed by atoms with Crippen molar-refractivity contribution in [2.75, 3.05) is 24.1 Å². The molecular weight excluding hydrogens is 468 g/mol. The van der Waals surface area contributed by atoms with Crippen LogP contribution in [0, 0.1) is 0 Å². The van der Waals surface area contributed by atoms with Crippen LogP contribution in [0.4, 0.5) is 11.4 Å². The van der Waals surface area contributed by atoms with Gasteiger partial charge in [-0.3, -0.25) is 24.2 Å². The predicted octanol–water partition coefficient (Wildman–Crippen LogP) is -0.833. The summed E-state index contributed by atoms with van der Waals surface area (Å²) in [6, 6.07) is 8.01. The summed E-state index contributed by atoms with van der Waals surface area (Å²) in [5, 5.41) is 7.83. The number of nitrogens with two attached hydrogens (primary N) is 4. The Morgan fingerprint density at radius 2 is 1.86 bits per heavy atom. The van der Waals surface area contributed by atoms with Crippen LogP contribution in [0.3, 0.4) is 0 Å². The lowest BCUT2D eigenvalue weighted by atomic mass is 10.1. The molecule has 190 valence electrons. The van der Waals surface area contributed by atoms with Crippen molar-refractivity contribution in [2.45, 2.75) is 25.5 Å². The van der Waals surface area contributed by atoms with E-state index < -0.39 is 29.7 Å². The molecule has 4 amide bonds. The summed E-state index contributed by atoms with van der Waals surface area (Å²) in [4.78, 5) is 54.0. The molecule has 2 aromatic rings. The zero-order chi connectivity index (χ0) is 26.2.